The minimum absolute atomic E-state index is 0.0687. The van der Waals surface area contributed by atoms with E-state index in [0.717, 1.165) is 29.7 Å². The number of rotatable bonds is 7. The van der Waals surface area contributed by atoms with Crippen LogP contribution >= 0.6 is 0 Å². The minimum atomic E-state index is -0.441. The van der Waals surface area contributed by atoms with Gasteiger partial charge in [-0.25, -0.2) is 0 Å². The van der Waals surface area contributed by atoms with Crippen molar-refractivity contribution in [1.82, 2.24) is 0 Å². The first-order chi connectivity index (χ1) is 13.3. The van der Waals surface area contributed by atoms with Crippen molar-refractivity contribution in [1.29, 1.82) is 0 Å². The number of nitro groups is 1. The number of hydrogen-bond donors (Lipinski definition) is 2. The first-order valence-corrected chi connectivity index (χ1v) is 9.77. The van der Waals surface area contributed by atoms with E-state index in [0.29, 0.717) is 11.7 Å². The second-order valence-electron chi connectivity index (χ2n) is 7.98. The van der Waals surface area contributed by atoms with Gasteiger partial charge in [0.2, 0.25) is 0 Å². The molecule has 0 saturated heterocycles. The maximum absolute atomic E-state index is 12.9. The highest BCUT2D eigenvalue weighted by Gasteiger charge is 2.26. The number of nitro benzene ring substituents is 1. The highest BCUT2D eigenvalue weighted by molar-refractivity contribution is 6.06. The molecule has 1 fully saturated rings. The molecule has 0 aromatic heterocycles. The predicted octanol–water partition coefficient (Wildman–Crippen LogP) is 5.67. The Morgan fingerprint density at radius 3 is 2.18 bits per heavy atom. The van der Waals surface area contributed by atoms with E-state index in [9.17, 15) is 14.9 Å². The quantitative estimate of drug-likeness (QED) is 0.478. The topological polar surface area (TPSA) is 84.3 Å². The summed E-state index contributed by atoms with van der Waals surface area (Å²) in [5.41, 5.74) is 3.60. The summed E-state index contributed by atoms with van der Waals surface area (Å²) >= 11 is 0. The van der Waals surface area contributed by atoms with Gasteiger partial charge in [0.1, 0.15) is 5.69 Å². The number of amides is 1. The molecular formula is C22H27N3O3. The smallest absolute Gasteiger partial charge is 0.293 e. The normalized spacial score (nSPS) is 13.6. The standard InChI is InChI=1S/C22H27N3O3/c1-13(2)17-6-5-7-18(14(3)4)21(17)24-22(26)15-8-11-19(23-16-9-10-16)20(12-15)25(27)28/h5-8,11-14,16,23H,9-10H2,1-4H3,(H,24,26). The molecule has 0 spiro atoms. The molecule has 0 atom stereocenters. The molecular weight excluding hydrogens is 354 g/mol. The molecule has 0 bridgehead atoms. The van der Waals surface area contributed by atoms with E-state index in [1.54, 1.807) is 12.1 Å². The third-order valence-electron chi connectivity index (χ3n) is 5.01. The van der Waals surface area contributed by atoms with Gasteiger partial charge in [-0.05, 0) is 47.9 Å². The molecule has 2 aromatic carbocycles. The molecule has 1 amide bonds. The fraction of sp³-hybridized carbons (Fsp3) is 0.409. The maximum Gasteiger partial charge on any atom is 0.293 e. The molecule has 2 N–H and O–H groups in total. The summed E-state index contributed by atoms with van der Waals surface area (Å²) in [6.45, 7) is 8.33. The molecule has 1 aliphatic rings. The Morgan fingerprint density at radius 2 is 1.68 bits per heavy atom. The average Bonchev–Trinajstić information content (AvgIpc) is 3.45. The van der Waals surface area contributed by atoms with Gasteiger partial charge in [-0.15, -0.1) is 0 Å². The molecule has 0 unspecified atom stereocenters. The van der Waals surface area contributed by atoms with E-state index in [4.69, 9.17) is 0 Å². The van der Waals surface area contributed by atoms with Gasteiger partial charge in [-0.2, -0.15) is 0 Å². The van der Waals surface area contributed by atoms with Crippen LogP contribution in [0.2, 0.25) is 0 Å². The summed E-state index contributed by atoms with van der Waals surface area (Å²) in [4.78, 5) is 24.0. The summed E-state index contributed by atoms with van der Waals surface area (Å²) in [6.07, 6.45) is 2.03. The van der Waals surface area contributed by atoms with Crippen LogP contribution < -0.4 is 10.6 Å². The van der Waals surface area contributed by atoms with E-state index < -0.39 is 4.92 Å². The largest absolute Gasteiger partial charge is 0.377 e. The van der Waals surface area contributed by atoms with E-state index in [-0.39, 0.29) is 29.0 Å². The highest BCUT2D eigenvalue weighted by Crippen LogP contribution is 2.34. The van der Waals surface area contributed by atoms with Crippen molar-refractivity contribution in [3.8, 4) is 0 Å². The van der Waals surface area contributed by atoms with Gasteiger partial charge in [0, 0.05) is 23.4 Å². The molecule has 0 radical (unpaired) electrons. The molecule has 6 heteroatoms. The molecule has 6 nitrogen and oxygen atoms in total. The van der Waals surface area contributed by atoms with Crippen molar-refractivity contribution in [2.75, 3.05) is 10.6 Å². The van der Waals surface area contributed by atoms with Crippen LogP contribution in [0.5, 0.6) is 0 Å². The Kier molecular flexibility index (Phi) is 5.68. The van der Waals surface area contributed by atoms with Crippen molar-refractivity contribution < 1.29 is 9.72 Å². The Morgan fingerprint density at radius 1 is 1.07 bits per heavy atom. The van der Waals surface area contributed by atoms with Crippen molar-refractivity contribution >= 4 is 23.0 Å². The van der Waals surface area contributed by atoms with Crippen LogP contribution in [0, 0.1) is 10.1 Å². The summed E-state index contributed by atoms with van der Waals surface area (Å²) in [5, 5.41) is 17.6. The van der Waals surface area contributed by atoms with Crippen molar-refractivity contribution in [3.63, 3.8) is 0 Å². The lowest BCUT2D eigenvalue weighted by Crippen LogP contribution is -2.16. The maximum atomic E-state index is 12.9. The predicted molar refractivity (Wildman–Crippen MR) is 112 cm³/mol. The number of carbonyl (C=O) groups excluding carboxylic acids is 1. The van der Waals surface area contributed by atoms with Gasteiger partial charge < -0.3 is 10.6 Å². The summed E-state index contributed by atoms with van der Waals surface area (Å²) in [5.74, 6) is 0.151. The van der Waals surface area contributed by atoms with E-state index in [1.807, 2.05) is 18.2 Å². The van der Waals surface area contributed by atoms with E-state index in [2.05, 4.69) is 38.3 Å². The Hall–Kier alpha value is -2.89. The Balaban J connectivity index is 1.93. The lowest BCUT2D eigenvalue weighted by Gasteiger charge is -2.20. The van der Waals surface area contributed by atoms with E-state index >= 15 is 0 Å². The van der Waals surface area contributed by atoms with Crippen LogP contribution in [0.15, 0.2) is 36.4 Å². The number of benzene rings is 2. The second-order valence-corrected chi connectivity index (χ2v) is 7.98. The van der Waals surface area contributed by atoms with E-state index in [1.165, 1.54) is 6.07 Å². The highest BCUT2D eigenvalue weighted by atomic mass is 16.6. The third-order valence-corrected chi connectivity index (χ3v) is 5.01. The zero-order valence-electron chi connectivity index (χ0n) is 16.8. The number of nitrogens with zero attached hydrogens (tertiary/aromatic N) is 1. The molecule has 0 heterocycles. The average molecular weight is 381 g/mol. The third kappa shape index (κ3) is 4.32. The van der Waals surface area contributed by atoms with Crippen LogP contribution in [0.1, 0.15) is 73.9 Å². The molecule has 3 rings (SSSR count). The van der Waals surface area contributed by atoms with Gasteiger partial charge in [-0.1, -0.05) is 45.9 Å². The number of anilines is 2. The lowest BCUT2D eigenvalue weighted by atomic mass is 9.92. The lowest BCUT2D eigenvalue weighted by molar-refractivity contribution is -0.384. The van der Waals surface area contributed by atoms with Crippen molar-refractivity contribution in [2.24, 2.45) is 0 Å². The first kappa shape index (κ1) is 19.9. The molecule has 0 aliphatic heterocycles. The fourth-order valence-electron chi connectivity index (χ4n) is 3.27. The van der Waals surface area contributed by atoms with Crippen LogP contribution in [-0.2, 0) is 0 Å². The molecule has 148 valence electrons. The van der Waals surface area contributed by atoms with Gasteiger partial charge in [0.05, 0.1) is 4.92 Å². The van der Waals surface area contributed by atoms with Gasteiger partial charge in [0.15, 0.2) is 0 Å². The molecule has 2 aromatic rings. The monoisotopic (exact) mass is 381 g/mol. The van der Waals surface area contributed by atoms with Gasteiger partial charge in [0.25, 0.3) is 11.6 Å². The number of para-hydroxylation sites is 1. The fourth-order valence-corrected chi connectivity index (χ4v) is 3.27. The first-order valence-electron chi connectivity index (χ1n) is 9.77. The summed E-state index contributed by atoms with van der Waals surface area (Å²) < 4.78 is 0. The van der Waals surface area contributed by atoms with Crippen LogP contribution in [0.3, 0.4) is 0 Å². The SMILES string of the molecule is CC(C)c1cccc(C(C)C)c1NC(=O)c1ccc(NC2CC2)c([N+](=O)[O-])c1. The van der Waals surface area contributed by atoms with Crippen LogP contribution in [0.25, 0.3) is 0 Å². The van der Waals surface area contributed by atoms with Crippen LogP contribution in [0.4, 0.5) is 17.1 Å². The summed E-state index contributed by atoms with van der Waals surface area (Å²) in [7, 11) is 0. The van der Waals surface area contributed by atoms with Gasteiger partial charge >= 0.3 is 0 Å². The van der Waals surface area contributed by atoms with Crippen molar-refractivity contribution in [2.45, 2.75) is 58.4 Å². The zero-order valence-corrected chi connectivity index (χ0v) is 16.8. The molecule has 1 saturated carbocycles. The zero-order chi connectivity index (χ0) is 20.4. The Bertz CT molecular complexity index is 876. The molecule has 28 heavy (non-hydrogen) atoms. The Labute approximate surface area is 165 Å². The van der Waals surface area contributed by atoms with Crippen LogP contribution in [-0.4, -0.2) is 16.9 Å². The number of nitrogens with one attached hydrogen (secondary N) is 2. The van der Waals surface area contributed by atoms with Gasteiger partial charge in [-0.3, -0.25) is 14.9 Å². The number of hydrogen-bond acceptors (Lipinski definition) is 4. The number of carbonyl (C=O) groups is 1. The summed E-state index contributed by atoms with van der Waals surface area (Å²) in [6, 6.07) is 10.9. The van der Waals surface area contributed by atoms with Crippen molar-refractivity contribution in [3.05, 3.63) is 63.2 Å². The second kappa shape index (κ2) is 8.00. The minimum Gasteiger partial charge on any atom is -0.377 e. The molecule has 1 aliphatic carbocycles.